The van der Waals surface area contributed by atoms with Gasteiger partial charge in [-0.3, -0.25) is 0 Å². The number of anilines is 1. The van der Waals surface area contributed by atoms with E-state index in [4.69, 9.17) is 0 Å². The maximum absolute atomic E-state index is 13.2. The molecule has 0 aliphatic heterocycles. The molecule has 2 aromatic carbocycles. The molecule has 0 aliphatic rings. The quantitative estimate of drug-likeness (QED) is 0.792. The minimum Gasteiger partial charge on any atom is -0.505 e. The van der Waals surface area contributed by atoms with E-state index in [0.717, 1.165) is 11.3 Å². The number of phenolic OH excluding ortho intramolecular Hbond substituents is 1. The van der Waals surface area contributed by atoms with Gasteiger partial charge in [0.05, 0.1) is 6.10 Å². The van der Waals surface area contributed by atoms with Gasteiger partial charge in [-0.15, -0.1) is 0 Å². The monoisotopic (exact) mass is 261 g/mol. The van der Waals surface area contributed by atoms with Crippen molar-refractivity contribution in [3.8, 4) is 5.75 Å². The zero-order valence-corrected chi connectivity index (χ0v) is 10.6. The van der Waals surface area contributed by atoms with Crippen molar-refractivity contribution in [3.05, 3.63) is 59.4 Å². The average molecular weight is 261 g/mol. The normalized spacial score (nSPS) is 12.2. The molecular weight excluding hydrogens is 245 g/mol. The lowest BCUT2D eigenvalue weighted by atomic mass is 10.1. The minimum atomic E-state index is -0.636. The lowest BCUT2D eigenvalue weighted by Crippen LogP contribution is -2.04. The summed E-state index contributed by atoms with van der Waals surface area (Å²) >= 11 is 0. The van der Waals surface area contributed by atoms with Crippen LogP contribution in [0.15, 0.2) is 42.5 Å². The molecule has 0 saturated carbocycles. The van der Waals surface area contributed by atoms with Crippen LogP contribution in [0.4, 0.5) is 10.1 Å². The summed E-state index contributed by atoms with van der Waals surface area (Å²) in [5, 5.41) is 22.3. The van der Waals surface area contributed by atoms with Crippen molar-refractivity contribution in [1.82, 2.24) is 0 Å². The van der Waals surface area contributed by atoms with Crippen molar-refractivity contribution < 1.29 is 14.6 Å². The molecule has 0 amide bonds. The molecule has 0 fully saturated rings. The molecule has 2 rings (SSSR count). The third-order valence-electron chi connectivity index (χ3n) is 2.95. The Labute approximate surface area is 111 Å². The Kier molecular flexibility index (Phi) is 4.02. The van der Waals surface area contributed by atoms with Crippen LogP contribution in [-0.4, -0.2) is 10.2 Å². The summed E-state index contributed by atoms with van der Waals surface area (Å²) in [6, 6.07) is 11.7. The van der Waals surface area contributed by atoms with Crippen molar-refractivity contribution in [1.29, 1.82) is 0 Å². The minimum absolute atomic E-state index is 0.285. The largest absolute Gasteiger partial charge is 0.505 e. The number of hydrogen-bond donors (Lipinski definition) is 3. The van der Waals surface area contributed by atoms with Gasteiger partial charge < -0.3 is 15.5 Å². The zero-order valence-electron chi connectivity index (χ0n) is 10.6. The van der Waals surface area contributed by atoms with Gasteiger partial charge in [0.15, 0.2) is 11.6 Å². The van der Waals surface area contributed by atoms with Gasteiger partial charge in [0.1, 0.15) is 0 Å². The van der Waals surface area contributed by atoms with E-state index >= 15 is 0 Å². The van der Waals surface area contributed by atoms with Crippen LogP contribution in [0.2, 0.25) is 0 Å². The molecule has 1 atom stereocenters. The number of halogens is 1. The Morgan fingerprint density at radius 3 is 2.63 bits per heavy atom. The number of aromatic hydroxyl groups is 1. The molecule has 0 radical (unpaired) electrons. The van der Waals surface area contributed by atoms with Gasteiger partial charge in [-0.2, -0.15) is 0 Å². The molecule has 19 heavy (non-hydrogen) atoms. The molecule has 4 heteroatoms. The van der Waals surface area contributed by atoms with Crippen molar-refractivity contribution in [2.45, 2.75) is 19.6 Å². The summed E-state index contributed by atoms with van der Waals surface area (Å²) < 4.78 is 13.2. The number of benzene rings is 2. The summed E-state index contributed by atoms with van der Waals surface area (Å²) in [7, 11) is 0. The molecule has 0 saturated heterocycles. The number of aliphatic hydroxyl groups excluding tert-OH is 1. The molecule has 100 valence electrons. The van der Waals surface area contributed by atoms with Crippen molar-refractivity contribution in [3.63, 3.8) is 0 Å². The predicted octanol–water partition coefficient (Wildman–Crippen LogP) is 3.20. The van der Waals surface area contributed by atoms with Gasteiger partial charge in [-0.25, -0.2) is 4.39 Å². The van der Waals surface area contributed by atoms with Crippen LogP contribution in [0.1, 0.15) is 24.2 Å². The first-order valence-corrected chi connectivity index (χ1v) is 6.07. The van der Waals surface area contributed by atoms with Crippen LogP contribution < -0.4 is 5.32 Å². The second kappa shape index (κ2) is 5.71. The smallest absolute Gasteiger partial charge is 0.165 e. The molecule has 0 spiro atoms. The highest BCUT2D eigenvalue weighted by Gasteiger charge is 2.09. The first-order valence-electron chi connectivity index (χ1n) is 6.07. The van der Waals surface area contributed by atoms with Crippen molar-refractivity contribution in [2.75, 3.05) is 5.32 Å². The van der Waals surface area contributed by atoms with E-state index in [1.54, 1.807) is 19.1 Å². The third-order valence-corrected chi connectivity index (χ3v) is 2.95. The van der Waals surface area contributed by atoms with E-state index in [-0.39, 0.29) is 12.3 Å². The lowest BCUT2D eigenvalue weighted by molar-refractivity contribution is 0.200. The summed E-state index contributed by atoms with van der Waals surface area (Å²) in [4.78, 5) is 0. The number of hydrogen-bond acceptors (Lipinski definition) is 3. The summed E-state index contributed by atoms with van der Waals surface area (Å²) in [6.45, 7) is 1.97. The number of para-hydroxylation sites is 2. The van der Waals surface area contributed by atoms with Gasteiger partial charge in [-0.1, -0.05) is 30.3 Å². The molecule has 0 aliphatic carbocycles. The second-order valence-electron chi connectivity index (χ2n) is 4.36. The van der Waals surface area contributed by atoms with E-state index in [0.29, 0.717) is 5.56 Å². The predicted molar refractivity (Wildman–Crippen MR) is 72.5 cm³/mol. The van der Waals surface area contributed by atoms with Crippen LogP contribution in [0, 0.1) is 5.82 Å². The molecule has 2 aromatic rings. The molecule has 0 bridgehead atoms. The first kappa shape index (κ1) is 13.4. The van der Waals surface area contributed by atoms with Gasteiger partial charge in [0, 0.05) is 23.4 Å². The van der Waals surface area contributed by atoms with Crippen LogP contribution in [0.25, 0.3) is 0 Å². The molecule has 0 heterocycles. The summed E-state index contributed by atoms with van der Waals surface area (Å²) in [5.41, 5.74) is 2.00. The number of phenols is 1. The first-order chi connectivity index (χ1) is 9.09. The second-order valence-corrected chi connectivity index (χ2v) is 4.36. The maximum atomic E-state index is 13.2. The summed E-state index contributed by atoms with van der Waals surface area (Å²) in [5.74, 6) is -0.979. The maximum Gasteiger partial charge on any atom is 0.165 e. The molecule has 3 N–H and O–H groups in total. The average Bonchev–Trinajstić information content (AvgIpc) is 2.40. The molecule has 1 unspecified atom stereocenters. The Balaban J connectivity index is 2.17. The standard InChI is InChI=1S/C15H16FNO2/c1-10(18)12-6-2-3-8-14(12)17-9-11-5-4-7-13(16)15(11)19/h2-8,10,17-19H,9H2,1H3. The fraction of sp³-hybridized carbons (Fsp3) is 0.200. The highest BCUT2D eigenvalue weighted by atomic mass is 19.1. The van der Waals surface area contributed by atoms with E-state index in [9.17, 15) is 14.6 Å². The SMILES string of the molecule is CC(O)c1ccccc1NCc1cccc(F)c1O. The van der Waals surface area contributed by atoms with Crippen LogP contribution >= 0.6 is 0 Å². The van der Waals surface area contributed by atoms with E-state index in [1.165, 1.54) is 6.07 Å². The fourth-order valence-corrected chi connectivity index (χ4v) is 1.92. The van der Waals surface area contributed by atoms with Crippen LogP contribution in [0.3, 0.4) is 0 Å². The van der Waals surface area contributed by atoms with Crippen LogP contribution in [-0.2, 0) is 6.54 Å². The Hall–Kier alpha value is -2.07. The Morgan fingerprint density at radius 1 is 1.16 bits per heavy atom. The molecule has 0 aromatic heterocycles. The van der Waals surface area contributed by atoms with Crippen LogP contribution in [0.5, 0.6) is 5.75 Å². The number of aliphatic hydroxyl groups is 1. The van der Waals surface area contributed by atoms with Crippen molar-refractivity contribution in [2.24, 2.45) is 0 Å². The Bertz CT molecular complexity index is 570. The topological polar surface area (TPSA) is 52.5 Å². The van der Waals surface area contributed by atoms with E-state index < -0.39 is 11.9 Å². The molecule has 3 nitrogen and oxygen atoms in total. The van der Waals surface area contributed by atoms with E-state index in [2.05, 4.69) is 5.32 Å². The number of rotatable bonds is 4. The van der Waals surface area contributed by atoms with Crippen molar-refractivity contribution >= 4 is 5.69 Å². The highest BCUT2D eigenvalue weighted by molar-refractivity contribution is 5.53. The number of nitrogens with one attached hydrogen (secondary N) is 1. The van der Waals surface area contributed by atoms with Gasteiger partial charge in [-0.05, 0) is 19.1 Å². The van der Waals surface area contributed by atoms with Gasteiger partial charge in [0.25, 0.3) is 0 Å². The lowest BCUT2D eigenvalue weighted by Gasteiger charge is -2.14. The molecular formula is C15H16FNO2. The zero-order chi connectivity index (χ0) is 13.8. The Morgan fingerprint density at radius 2 is 1.89 bits per heavy atom. The fourth-order valence-electron chi connectivity index (χ4n) is 1.92. The van der Waals surface area contributed by atoms with Gasteiger partial charge >= 0.3 is 0 Å². The van der Waals surface area contributed by atoms with Gasteiger partial charge in [0.2, 0.25) is 0 Å². The highest BCUT2D eigenvalue weighted by Crippen LogP contribution is 2.25. The third kappa shape index (κ3) is 3.03. The van der Waals surface area contributed by atoms with E-state index in [1.807, 2.05) is 24.3 Å². The summed E-state index contributed by atoms with van der Waals surface area (Å²) in [6.07, 6.45) is -0.593.